The second-order valence-electron chi connectivity index (χ2n) is 2.47. The fourth-order valence-corrected chi connectivity index (χ4v) is 1.11. The van der Waals surface area contributed by atoms with E-state index in [2.05, 4.69) is 13.8 Å². The molecule has 0 saturated heterocycles. The first-order valence-corrected chi connectivity index (χ1v) is 6.00. The highest BCUT2D eigenvalue weighted by Gasteiger charge is 2.00. The minimum atomic E-state index is -4.28. The average Bonchev–Trinajstić information content (AvgIpc) is 2.33. The van der Waals surface area contributed by atoms with Crippen LogP contribution in [0.2, 0.25) is 5.02 Å². The Bertz CT molecular complexity index is 660. The van der Waals surface area contributed by atoms with Gasteiger partial charge in [0.15, 0.2) is 0 Å². The largest absolute Gasteiger partial charge is 0.383 e. The van der Waals surface area contributed by atoms with Gasteiger partial charge in [-0.25, -0.2) is 14.4 Å². The molecule has 0 spiro atoms. The van der Waals surface area contributed by atoms with Crippen molar-refractivity contribution in [1.29, 1.82) is 0 Å². The minimum Gasteiger partial charge on any atom is -0.211 e. The van der Waals surface area contributed by atoms with Gasteiger partial charge in [0.2, 0.25) is 6.08 Å². The zero-order valence-corrected chi connectivity index (χ0v) is 10.6. The molecule has 19 heavy (non-hydrogen) atoms. The molecule has 0 radical (unpaired) electrons. The first-order valence-electron chi connectivity index (χ1n) is 4.22. The molecule has 98 valence electrons. The van der Waals surface area contributed by atoms with E-state index in [9.17, 15) is 22.8 Å². The van der Waals surface area contributed by atoms with Crippen LogP contribution in [0.4, 0.5) is 5.69 Å². The molecular weight excluding hydrogens is 298 g/mol. The van der Waals surface area contributed by atoms with Crippen LogP contribution in [0, 0.1) is 0 Å². The van der Waals surface area contributed by atoms with E-state index in [0.29, 0.717) is 22.9 Å². The summed E-state index contributed by atoms with van der Waals surface area (Å²) in [6.45, 7) is 0. The summed E-state index contributed by atoms with van der Waals surface area (Å²) < 4.78 is 24.3. The molecule has 1 rings (SSSR count). The monoisotopic (exact) mass is 301 g/mol. The number of rotatable bonds is 3. The third kappa shape index (κ3) is 7.51. The second kappa shape index (κ2) is 8.66. The molecule has 0 bridgehead atoms. The number of benzene rings is 1. The van der Waals surface area contributed by atoms with E-state index in [4.69, 9.17) is 11.6 Å². The number of nitrogens with zero attached hydrogens (tertiary/aromatic N) is 3. The molecule has 1 aromatic carbocycles. The first kappa shape index (κ1) is 16.6. The van der Waals surface area contributed by atoms with Gasteiger partial charge in [0.25, 0.3) is 12.2 Å². The molecule has 0 unspecified atom stereocenters. The topological polar surface area (TPSA) is 122 Å². The molecule has 1 aromatic rings. The number of para-hydroxylation sites is 1. The van der Waals surface area contributed by atoms with Gasteiger partial charge < -0.3 is 0 Å². The quantitative estimate of drug-likeness (QED) is 0.613. The zero-order chi connectivity index (χ0) is 14.7. The van der Waals surface area contributed by atoms with Crippen LogP contribution in [0.15, 0.2) is 38.1 Å². The van der Waals surface area contributed by atoms with Crippen molar-refractivity contribution < 1.29 is 22.8 Å². The fraction of sp³-hybridized carbons (Fsp3) is 0. The van der Waals surface area contributed by atoms with Gasteiger partial charge in [0.1, 0.15) is 0 Å². The third-order valence-corrected chi connectivity index (χ3v) is 2.25. The van der Waals surface area contributed by atoms with E-state index in [1.807, 2.05) is 0 Å². The predicted molar refractivity (Wildman–Crippen MR) is 64.4 cm³/mol. The van der Waals surface area contributed by atoms with Crippen molar-refractivity contribution in [2.24, 2.45) is 13.8 Å². The van der Waals surface area contributed by atoms with Gasteiger partial charge in [-0.1, -0.05) is 32.5 Å². The number of halogens is 1. The van der Waals surface area contributed by atoms with E-state index in [-0.39, 0.29) is 0 Å². The summed E-state index contributed by atoms with van der Waals surface area (Å²) >= 11 is 5.63. The fourth-order valence-electron chi connectivity index (χ4n) is 0.706. The van der Waals surface area contributed by atoms with Gasteiger partial charge in [0.05, 0.1) is 10.7 Å². The summed E-state index contributed by atoms with van der Waals surface area (Å²) in [4.78, 5) is 31.6. The number of hydrogen-bond acceptors (Lipinski definition) is 6. The maximum atomic E-state index is 9.97. The highest BCUT2D eigenvalue weighted by atomic mass is 35.5. The molecule has 0 aliphatic carbocycles. The number of carbonyl (C=O) groups excluding carboxylic acids is 3. The van der Waals surface area contributed by atoms with Crippen molar-refractivity contribution in [3.8, 4) is 0 Å². The van der Waals surface area contributed by atoms with Crippen LogP contribution in [0.1, 0.15) is 0 Å². The van der Waals surface area contributed by atoms with Crippen LogP contribution in [0.25, 0.3) is 0 Å². The van der Waals surface area contributed by atoms with Crippen LogP contribution in [0.5, 0.6) is 0 Å². The molecule has 0 heterocycles. The molecule has 0 atom stereocenters. The van der Waals surface area contributed by atoms with E-state index >= 15 is 0 Å². The molecule has 0 fully saturated rings. The Morgan fingerprint density at radius 3 is 1.89 bits per heavy atom. The van der Waals surface area contributed by atoms with Crippen LogP contribution >= 0.6 is 11.6 Å². The van der Waals surface area contributed by atoms with Crippen molar-refractivity contribution >= 4 is 45.7 Å². The lowest BCUT2D eigenvalue weighted by Crippen LogP contribution is -1.86. The normalized spacial score (nSPS) is 8.68. The summed E-state index contributed by atoms with van der Waals surface area (Å²) in [5, 5.41) is 0.464. The van der Waals surface area contributed by atoms with Crippen LogP contribution < -0.4 is 0 Å². The van der Waals surface area contributed by atoms with Gasteiger partial charge in [-0.15, -0.1) is 0 Å². The van der Waals surface area contributed by atoms with Crippen molar-refractivity contribution in [2.75, 3.05) is 0 Å². The lowest BCUT2D eigenvalue weighted by molar-refractivity contribution is 0.561. The molecule has 10 heteroatoms. The van der Waals surface area contributed by atoms with E-state index in [1.165, 1.54) is 6.08 Å². The summed E-state index contributed by atoms with van der Waals surface area (Å²) in [6.07, 6.45) is 2.83. The Balaban J connectivity index is 0.000000344. The Morgan fingerprint density at radius 1 is 0.947 bits per heavy atom. The molecule has 0 aliphatic heterocycles. The molecule has 0 aliphatic rings. The molecule has 8 nitrogen and oxygen atoms in total. The van der Waals surface area contributed by atoms with Crippen molar-refractivity contribution in [3.05, 3.63) is 29.3 Å². The maximum absolute atomic E-state index is 9.97. The number of hydrogen-bond donors (Lipinski definition) is 0. The minimum absolute atomic E-state index is 0.458. The summed E-state index contributed by atoms with van der Waals surface area (Å²) in [6, 6.07) is 6.83. The highest BCUT2D eigenvalue weighted by Crippen LogP contribution is 2.22. The SMILES string of the molecule is O=C=NS(=O)(=O)N=C=O.O=C=Nc1ccccc1Cl. The maximum Gasteiger partial charge on any atom is 0.383 e. The first-order chi connectivity index (χ1) is 8.96. The predicted octanol–water partition coefficient (Wildman–Crippen LogP) is 1.21. The van der Waals surface area contributed by atoms with E-state index in [0.717, 1.165) is 0 Å². The van der Waals surface area contributed by atoms with Crippen LogP contribution in [-0.4, -0.2) is 26.7 Å². The van der Waals surface area contributed by atoms with Crippen molar-refractivity contribution in [1.82, 2.24) is 0 Å². The van der Waals surface area contributed by atoms with E-state index in [1.54, 1.807) is 24.3 Å². The van der Waals surface area contributed by atoms with Crippen molar-refractivity contribution in [3.63, 3.8) is 0 Å². The smallest absolute Gasteiger partial charge is 0.211 e. The van der Waals surface area contributed by atoms with Crippen LogP contribution in [-0.2, 0) is 24.6 Å². The number of isocyanates is 3. The molecule has 0 N–H and O–H groups in total. The van der Waals surface area contributed by atoms with Gasteiger partial charge in [0, 0.05) is 0 Å². The average molecular weight is 302 g/mol. The molecule has 0 amide bonds. The van der Waals surface area contributed by atoms with Gasteiger partial charge in [-0.2, -0.15) is 13.4 Å². The Hall–Kier alpha value is -2.40. The second-order valence-corrected chi connectivity index (χ2v) is 4.14. The summed E-state index contributed by atoms with van der Waals surface area (Å²) in [7, 11) is -4.28. The Morgan fingerprint density at radius 2 is 1.47 bits per heavy atom. The van der Waals surface area contributed by atoms with Gasteiger partial charge in [-0.3, -0.25) is 0 Å². The highest BCUT2D eigenvalue weighted by molar-refractivity contribution is 7.89. The van der Waals surface area contributed by atoms with E-state index < -0.39 is 10.2 Å². The number of aliphatic imine (C=N–C) groups is 1. The third-order valence-electron chi connectivity index (χ3n) is 1.32. The van der Waals surface area contributed by atoms with Crippen molar-refractivity contribution in [2.45, 2.75) is 0 Å². The molecule has 0 aromatic heterocycles. The lowest BCUT2D eigenvalue weighted by atomic mass is 10.3. The molecular formula is C9H4ClN3O5S. The van der Waals surface area contributed by atoms with Gasteiger partial charge >= 0.3 is 10.2 Å². The van der Waals surface area contributed by atoms with Gasteiger partial charge in [-0.05, 0) is 12.1 Å². The Labute approximate surface area is 112 Å². The summed E-state index contributed by atoms with van der Waals surface area (Å²) in [5.41, 5.74) is 0.458. The molecule has 0 saturated carbocycles. The lowest BCUT2D eigenvalue weighted by Gasteiger charge is -1.90. The zero-order valence-electron chi connectivity index (χ0n) is 8.98. The van der Waals surface area contributed by atoms with Crippen LogP contribution in [0.3, 0.4) is 0 Å². The Kier molecular flexibility index (Phi) is 7.56. The summed E-state index contributed by atoms with van der Waals surface area (Å²) in [5.74, 6) is 0. The standard InChI is InChI=1S/C7H4ClNO.C2N2O4S/c8-6-3-1-2-4-7(6)9-5-10;5-1-3-9(7,8)4-2-6/h1-4H;.